The summed E-state index contributed by atoms with van der Waals surface area (Å²) in [4.78, 5) is 15.9. The van der Waals surface area contributed by atoms with Gasteiger partial charge in [-0.05, 0) is 13.8 Å². The van der Waals surface area contributed by atoms with E-state index in [2.05, 4.69) is 10.3 Å². The van der Waals surface area contributed by atoms with E-state index in [-0.39, 0.29) is 11.9 Å². The molecule has 0 fully saturated rings. The lowest BCUT2D eigenvalue weighted by atomic mass is 10.3. The van der Waals surface area contributed by atoms with Gasteiger partial charge in [0.2, 0.25) is 0 Å². The molecular formula is C10H15N3O2. The molecule has 0 saturated heterocycles. The van der Waals surface area contributed by atoms with E-state index in [9.17, 15) is 4.79 Å². The van der Waals surface area contributed by atoms with Crippen molar-refractivity contribution in [1.82, 2.24) is 14.9 Å². The fourth-order valence-electron chi connectivity index (χ4n) is 1.53. The number of amides is 1. The second-order valence-electron chi connectivity index (χ2n) is 3.92. The molecule has 0 radical (unpaired) electrons. The monoisotopic (exact) mass is 209 g/mol. The van der Waals surface area contributed by atoms with Crippen LogP contribution in [0.5, 0.6) is 0 Å². The van der Waals surface area contributed by atoms with Crippen molar-refractivity contribution in [3.8, 4) is 0 Å². The van der Waals surface area contributed by atoms with Crippen molar-refractivity contribution in [2.75, 3.05) is 6.61 Å². The first-order valence-electron chi connectivity index (χ1n) is 5.11. The number of hydrogen-bond acceptors (Lipinski definition) is 3. The zero-order valence-electron chi connectivity index (χ0n) is 8.99. The number of carbonyl (C=O) groups is 1. The number of carbonyl (C=O) groups excluding carboxylic acids is 1. The highest BCUT2D eigenvalue weighted by molar-refractivity contribution is 5.92. The number of ether oxygens (including phenoxy) is 1. The van der Waals surface area contributed by atoms with Crippen molar-refractivity contribution >= 4 is 5.91 Å². The van der Waals surface area contributed by atoms with E-state index in [4.69, 9.17) is 4.74 Å². The Kier molecular flexibility index (Phi) is 2.73. The first kappa shape index (κ1) is 10.2. The molecule has 5 nitrogen and oxygen atoms in total. The van der Waals surface area contributed by atoms with Crippen LogP contribution in [0.4, 0.5) is 0 Å². The van der Waals surface area contributed by atoms with Crippen LogP contribution in [-0.2, 0) is 17.9 Å². The molecular weight excluding hydrogens is 194 g/mol. The van der Waals surface area contributed by atoms with Gasteiger partial charge in [-0.2, -0.15) is 0 Å². The maximum Gasteiger partial charge on any atom is 0.271 e. The minimum absolute atomic E-state index is 0.119. The number of aromatic nitrogens is 2. The summed E-state index contributed by atoms with van der Waals surface area (Å²) in [6.45, 7) is 5.81. The third kappa shape index (κ3) is 2.18. The predicted octanol–water partition coefficient (Wildman–Crippen LogP) is 0.551. The summed E-state index contributed by atoms with van der Waals surface area (Å²) in [5.74, 6) is 0.710. The van der Waals surface area contributed by atoms with Crippen LogP contribution in [0.15, 0.2) is 6.20 Å². The molecule has 0 unspecified atom stereocenters. The molecule has 1 amide bonds. The van der Waals surface area contributed by atoms with Crippen LogP contribution in [-0.4, -0.2) is 28.1 Å². The minimum Gasteiger partial charge on any atom is -0.372 e. The lowest BCUT2D eigenvalue weighted by Gasteiger charge is -2.13. The first-order valence-corrected chi connectivity index (χ1v) is 5.11. The van der Waals surface area contributed by atoms with Crippen molar-refractivity contribution in [3.63, 3.8) is 0 Å². The van der Waals surface area contributed by atoms with Crippen LogP contribution in [0.2, 0.25) is 0 Å². The van der Waals surface area contributed by atoms with Crippen molar-refractivity contribution in [1.29, 1.82) is 0 Å². The van der Waals surface area contributed by atoms with Crippen LogP contribution in [0.3, 0.4) is 0 Å². The summed E-state index contributed by atoms with van der Waals surface area (Å²) in [7, 11) is 0. The number of nitrogens with zero attached hydrogens (tertiary/aromatic N) is 2. The zero-order valence-corrected chi connectivity index (χ0v) is 8.99. The Morgan fingerprint density at radius 2 is 2.47 bits per heavy atom. The average Bonchev–Trinajstić information content (AvgIpc) is 2.59. The number of hydrogen-bond donors (Lipinski definition) is 1. The van der Waals surface area contributed by atoms with Gasteiger partial charge in [0.1, 0.15) is 18.1 Å². The first-order chi connectivity index (χ1) is 7.16. The van der Waals surface area contributed by atoms with Gasteiger partial charge in [0, 0.05) is 18.8 Å². The molecule has 0 aliphatic carbocycles. The molecule has 15 heavy (non-hydrogen) atoms. The minimum atomic E-state index is -0.119. The molecule has 1 aliphatic rings. The quantitative estimate of drug-likeness (QED) is 0.774. The number of rotatable bonds is 2. The van der Waals surface area contributed by atoms with Crippen molar-refractivity contribution < 1.29 is 9.53 Å². The van der Waals surface area contributed by atoms with Crippen molar-refractivity contribution in [2.24, 2.45) is 0 Å². The molecule has 0 aromatic carbocycles. The lowest BCUT2D eigenvalue weighted by molar-refractivity contribution is 0.0816. The largest absolute Gasteiger partial charge is 0.372 e. The van der Waals surface area contributed by atoms with Gasteiger partial charge in [0.15, 0.2) is 0 Å². The van der Waals surface area contributed by atoms with Gasteiger partial charge < -0.3 is 14.6 Å². The zero-order chi connectivity index (χ0) is 10.8. The Morgan fingerprint density at radius 1 is 1.67 bits per heavy atom. The standard InChI is InChI=1S/C10H15N3O2/c1-7(2)11-10(14)8-5-13-3-4-15-6-9(13)12-8/h5,7H,3-4,6H2,1-2H3,(H,11,14). The molecule has 82 valence electrons. The summed E-state index contributed by atoms with van der Waals surface area (Å²) in [5.41, 5.74) is 0.476. The van der Waals surface area contributed by atoms with E-state index in [1.807, 2.05) is 18.4 Å². The molecule has 5 heteroatoms. The van der Waals surface area contributed by atoms with Crippen molar-refractivity contribution in [3.05, 3.63) is 17.7 Å². The summed E-state index contributed by atoms with van der Waals surface area (Å²) in [5, 5.41) is 2.81. The third-order valence-corrected chi connectivity index (χ3v) is 2.22. The third-order valence-electron chi connectivity index (χ3n) is 2.22. The van der Waals surface area contributed by atoms with Crippen molar-refractivity contribution in [2.45, 2.75) is 33.0 Å². The van der Waals surface area contributed by atoms with E-state index < -0.39 is 0 Å². The highest BCUT2D eigenvalue weighted by Crippen LogP contribution is 2.09. The molecule has 2 rings (SSSR count). The molecule has 0 spiro atoms. The molecule has 0 atom stereocenters. The van der Waals surface area contributed by atoms with E-state index in [0.29, 0.717) is 18.9 Å². The lowest BCUT2D eigenvalue weighted by Crippen LogP contribution is -2.30. The highest BCUT2D eigenvalue weighted by atomic mass is 16.5. The highest BCUT2D eigenvalue weighted by Gasteiger charge is 2.17. The average molecular weight is 209 g/mol. The van der Waals surface area contributed by atoms with E-state index in [1.165, 1.54) is 0 Å². The molecule has 0 saturated carbocycles. The fourth-order valence-corrected chi connectivity index (χ4v) is 1.53. The summed E-state index contributed by atoms with van der Waals surface area (Å²) >= 11 is 0. The Balaban J connectivity index is 2.15. The Hall–Kier alpha value is -1.36. The van der Waals surface area contributed by atoms with Gasteiger partial charge in [-0.15, -0.1) is 0 Å². The second-order valence-corrected chi connectivity index (χ2v) is 3.92. The Morgan fingerprint density at radius 3 is 3.13 bits per heavy atom. The number of imidazole rings is 1. The topological polar surface area (TPSA) is 56.2 Å². The number of nitrogens with one attached hydrogen (secondary N) is 1. The van der Waals surface area contributed by atoms with E-state index in [0.717, 1.165) is 12.4 Å². The summed E-state index contributed by atoms with van der Waals surface area (Å²) < 4.78 is 7.23. The van der Waals surface area contributed by atoms with Gasteiger partial charge in [-0.3, -0.25) is 4.79 Å². The van der Waals surface area contributed by atoms with Crippen LogP contribution in [0.25, 0.3) is 0 Å². The predicted molar refractivity (Wildman–Crippen MR) is 54.5 cm³/mol. The maximum atomic E-state index is 11.6. The van der Waals surface area contributed by atoms with Crippen LogP contribution in [0, 0.1) is 0 Å². The molecule has 1 aliphatic heterocycles. The second kappa shape index (κ2) is 4.02. The van der Waals surface area contributed by atoms with Crippen LogP contribution in [0.1, 0.15) is 30.2 Å². The molecule has 1 aromatic heterocycles. The van der Waals surface area contributed by atoms with Gasteiger partial charge in [0.05, 0.1) is 6.61 Å². The molecule has 2 heterocycles. The van der Waals surface area contributed by atoms with Gasteiger partial charge in [0.25, 0.3) is 5.91 Å². The van der Waals surface area contributed by atoms with E-state index in [1.54, 1.807) is 6.20 Å². The molecule has 1 aromatic rings. The van der Waals surface area contributed by atoms with Gasteiger partial charge in [-0.25, -0.2) is 4.98 Å². The number of fused-ring (bicyclic) bond motifs is 1. The van der Waals surface area contributed by atoms with Gasteiger partial charge in [-0.1, -0.05) is 0 Å². The summed E-state index contributed by atoms with van der Waals surface area (Å²) in [6, 6.07) is 0.132. The SMILES string of the molecule is CC(C)NC(=O)c1cn2c(n1)COCC2. The Labute approximate surface area is 88.4 Å². The Bertz CT molecular complexity index is 347. The molecule has 1 N–H and O–H groups in total. The van der Waals surface area contributed by atoms with Crippen LogP contribution < -0.4 is 5.32 Å². The normalized spacial score (nSPS) is 15.1. The van der Waals surface area contributed by atoms with E-state index >= 15 is 0 Å². The maximum absolute atomic E-state index is 11.6. The van der Waals surface area contributed by atoms with Gasteiger partial charge >= 0.3 is 0 Å². The molecule has 0 bridgehead atoms. The summed E-state index contributed by atoms with van der Waals surface area (Å²) in [6.07, 6.45) is 1.79. The smallest absolute Gasteiger partial charge is 0.271 e. The van der Waals surface area contributed by atoms with Crippen LogP contribution >= 0.6 is 0 Å². The fraction of sp³-hybridized carbons (Fsp3) is 0.600.